The van der Waals surface area contributed by atoms with Gasteiger partial charge in [0.05, 0.1) is 32.6 Å². The molecule has 3 aromatic rings. The van der Waals surface area contributed by atoms with Crippen LogP contribution in [0.1, 0.15) is 40.9 Å². The molecule has 1 aliphatic heterocycles. The summed E-state index contributed by atoms with van der Waals surface area (Å²) in [6, 6.07) is 17.8. The predicted octanol–water partition coefficient (Wildman–Crippen LogP) is 5.43. The Kier molecular flexibility index (Phi) is 8.45. The van der Waals surface area contributed by atoms with Crippen molar-refractivity contribution in [1.82, 2.24) is 5.01 Å². The molecule has 1 amide bonds. The van der Waals surface area contributed by atoms with Gasteiger partial charge in [-0.15, -0.1) is 0 Å². The first-order chi connectivity index (χ1) is 18.0. The molecule has 0 aliphatic carbocycles. The SMILES string of the molecule is CCOc1cc(C=O)ccc1OCC(=O)N1N=C(c2cccc(Br)c2)CC1c1ccc(OC)c(OC)c1. The van der Waals surface area contributed by atoms with Gasteiger partial charge >= 0.3 is 0 Å². The first-order valence-electron chi connectivity index (χ1n) is 11.7. The molecule has 1 atom stereocenters. The summed E-state index contributed by atoms with van der Waals surface area (Å²) in [5, 5.41) is 6.16. The van der Waals surface area contributed by atoms with Gasteiger partial charge in [0.1, 0.15) is 6.29 Å². The van der Waals surface area contributed by atoms with Crippen molar-refractivity contribution in [2.45, 2.75) is 19.4 Å². The largest absolute Gasteiger partial charge is 0.493 e. The number of rotatable bonds is 10. The fourth-order valence-electron chi connectivity index (χ4n) is 4.09. The number of halogens is 1. The summed E-state index contributed by atoms with van der Waals surface area (Å²) in [5.74, 6) is 1.61. The average Bonchev–Trinajstić information content (AvgIpc) is 3.37. The number of hydrogen-bond donors (Lipinski definition) is 0. The molecule has 0 radical (unpaired) electrons. The van der Waals surface area contributed by atoms with Gasteiger partial charge in [-0.05, 0) is 60.5 Å². The van der Waals surface area contributed by atoms with E-state index >= 15 is 0 Å². The lowest BCUT2D eigenvalue weighted by molar-refractivity contribution is -0.135. The molecule has 3 aromatic carbocycles. The fraction of sp³-hybridized carbons (Fsp3) is 0.250. The van der Waals surface area contributed by atoms with E-state index in [-0.39, 0.29) is 18.6 Å². The van der Waals surface area contributed by atoms with Crippen LogP contribution in [0, 0.1) is 0 Å². The Morgan fingerprint density at radius 1 is 1.00 bits per heavy atom. The van der Waals surface area contributed by atoms with Gasteiger partial charge in [0.25, 0.3) is 5.91 Å². The number of carbonyl (C=O) groups is 2. The molecule has 9 heteroatoms. The van der Waals surface area contributed by atoms with Crippen LogP contribution in [0.2, 0.25) is 0 Å². The molecule has 4 rings (SSSR count). The third-order valence-electron chi connectivity index (χ3n) is 5.87. The summed E-state index contributed by atoms with van der Waals surface area (Å²) in [6.07, 6.45) is 1.24. The van der Waals surface area contributed by atoms with E-state index in [9.17, 15) is 9.59 Å². The number of aldehydes is 1. The van der Waals surface area contributed by atoms with Gasteiger partial charge in [0.15, 0.2) is 29.6 Å². The molecule has 0 saturated heterocycles. The molecule has 0 bridgehead atoms. The molecule has 0 saturated carbocycles. The van der Waals surface area contributed by atoms with Crippen LogP contribution in [0.4, 0.5) is 0 Å². The number of ether oxygens (including phenoxy) is 4. The molecule has 1 aliphatic rings. The van der Waals surface area contributed by atoms with Crippen LogP contribution >= 0.6 is 15.9 Å². The van der Waals surface area contributed by atoms with Crippen LogP contribution in [-0.4, -0.2) is 50.3 Å². The van der Waals surface area contributed by atoms with Gasteiger partial charge in [-0.3, -0.25) is 9.59 Å². The number of amides is 1. The van der Waals surface area contributed by atoms with E-state index in [0.717, 1.165) is 27.6 Å². The number of benzene rings is 3. The summed E-state index contributed by atoms with van der Waals surface area (Å²) in [5.41, 5.74) is 3.00. The molecule has 1 heterocycles. The minimum Gasteiger partial charge on any atom is -0.493 e. The first kappa shape index (κ1) is 26.2. The van der Waals surface area contributed by atoms with Crippen molar-refractivity contribution < 1.29 is 28.5 Å². The van der Waals surface area contributed by atoms with E-state index in [1.54, 1.807) is 32.4 Å². The monoisotopic (exact) mass is 566 g/mol. The maximum Gasteiger partial charge on any atom is 0.281 e. The van der Waals surface area contributed by atoms with Gasteiger partial charge in [-0.1, -0.05) is 34.1 Å². The highest BCUT2D eigenvalue weighted by Gasteiger charge is 2.34. The molecule has 0 fully saturated rings. The van der Waals surface area contributed by atoms with E-state index < -0.39 is 0 Å². The normalized spacial score (nSPS) is 14.6. The molecule has 0 spiro atoms. The molecule has 0 aromatic heterocycles. The van der Waals surface area contributed by atoms with Crippen LogP contribution in [0.3, 0.4) is 0 Å². The van der Waals surface area contributed by atoms with Crippen LogP contribution < -0.4 is 18.9 Å². The first-order valence-corrected chi connectivity index (χ1v) is 12.5. The Morgan fingerprint density at radius 3 is 2.49 bits per heavy atom. The quantitative estimate of drug-likeness (QED) is 0.304. The summed E-state index contributed by atoms with van der Waals surface area (Å²) < 4.78 is 23.2. The number of hydrazone groups is 1. The molecule has 8 nitrogen and oxygen atoms in total. The topological polar surface area (TPSA) is 86.7 Å². The van der Waals surface area contributed by atoms with E-state index in [1.807, 2.05) is 49.4 Å². The second-order valence-corrected chi connectivity index (χ2v) is 9.09. The van der Waals surface area contributed by atoms with Crippen LogP contribution in [-0.2, 0) is 4.79 Å². The zero-order valence-electron chi connectivity index (χ0n) is 20.8. The standard InChI is InChI=1S/C28H27BrN2O6/c1-4-36-27-12-18(16-32)8-10-25(27)37-17-28(33)31-23(20-9-11-24(34-2)26(14-20)35-3)15-22(30-31)19-6-5-7-21(29)13-19/h5-14,16,23H,4,15,17H2,1-3H3. The molecule has 0 N–H and O–H groups in total. The minimum absolute atomic E-state index is 0.264. The summed E-state index contributed by atoms with van der Waals surface area (Å²) in [6.45, 7) is 1.96. The van der Waals surface area contributed by atoms with Crippen molar-refractivity contribution >= 4 is 33.8 Å². The maximum absolute atomic E-state index is 13.4. The Bertz CT molecular complexity index is 1330. The fourth-order valence-corrected chi connectivity index (χ4v) is 4.49. The average molecular weight is 567 g/mol. The molecular formula is C28H27BrN2O6. The van der Waals surface area contributed by atoms with Crippen LogP contribution in [0.5, 0.6) is 23.0 Å². The number of carbonyl (C=O) groups excluding carboxylic acids is 2. The van der Waals surface area contributed by atoms with Crippen molar-refractivity contribution in [2.75, 3.05) is 27.4 Å². The van der Waals surface area contributed by atoms with Crippen molar-refractivity contribution in [3.63, 3.8) is 0 Å². The van der Waals surface area contributed by atoms with E-state index in [2.05, 4.69) is 15.9 Å². The molecular weight excluding hydrogens is 540 g/mol. The minimum atomic E-state index is -0.367. The lowest BCUT2D eigenvalue weighted by atomic mass is 9.98. The number of hydrogen-bond acceptors (Lipinski definition) is 7. The van der Waals surface area contributed by atoms with Gasteiger partial charge in [0, 0.05) is 16.5 Å². The zero-order chi connectivity index (χ0) is 26.4. The highest BCUT2D eigenvalue weighted by molar-refractivity contribution is 9.10. The number of methoxy groups -OCH3 is 2. The molecule has 1 unspecified atom stereocenters. The lowest BCUT2D eigenvalue weighted by Gasteiger charge is -2.23. The van der Waals surface area contributed by atoms with E-state index in [4.69, 9.17) is 24.0 Å². The summed E-state index contributed by atoms with van der Waals surface area (Å²) in [4.78, 5) is 24.6. The lowest BCUT2D eigenvalue weighted by Crippen LogP contribution is -2.31. The predicted molar refractivity (Wildman–Crippen MR) is 143 cm³/mol. The third kappa shape index (κ3) is 5.94. The van der Waals surface area contributed by atoms with Gasteiger partial charge in [-0.2, -0.15) is 5.10 Å². The van der Waals surface area contributed by atoms with Gasteiger partial charge < -0.3 is 18.9 Å². The third-order valence-corrected chi connectivity index (χ3v) is 6.36. The molecule has 192 valence electrons. The van der Waals surface area contributed by atoms with Crippen molar-refractivity contribution in [1.29, 1.82) is 0 Å². The van der Waals surface area contributed by atoms with E-state index in [0.29, 0.717) is 41.6 Å². The Labute approximate surface area is 223 Å². The summed E-state index contributed by atoms with van der Waals surface area (Å²) in [7, 11) is 3.15. The second kappa shape index (κ2) is 11.9. The smallest absolute Gasteiger partial charge is 0.281 e. The van der Waals surface area contributed by atoms with Crippen molar-refractivity contribution in [3.8, 4) is 23.0 Å². The van der Waals surface area contributed by atoms with E-state index in [1.165, 1.54) is 5.01 Å². The Morgan fingerprint density at radius 2 is 1.78 bits per heavy atom. The van der Waals surface area contributed by atoms with Crippen LogP contribution in [0.15, 0.2) is 70.2 Å². The highest BCUT2D eigenvalue weighted by atomic mass is 79.9. The van der Waals surface area contributed by atoms with Crippen molar-refractivity contribution in [2.24, 2.45) is 5.10 Å². The van der Waals surface area contributed by atoms with Crippen LogP contribution in [0.25, 0.3) is 0 Å². The van der Waals surface area contributed by atoms with Gasteiger partial charge in [-0.25, -0.2) is 5.01 Å². The Hall–Kier alpha value is -3.85. The van der Waals surface area contributed by atoms with Crippen molar-refractivity contribution in [3.05, 3.63) is 81.8 Å². The zero-order valence-corrected chi connectivity index (χ0v) is 22.4. The maximum atomic E-state index is 13.4. The second-order valence-electron chi connectivity index (χ2n) is 8.18. The Balaban J connectivity index is 1.63. The van der Waals surface area contributed by atoms with Gasteiger partial charge in [0.2, 0.25) is 0 Å². The number of nitrogens with zero attached hydrogens (tertiary/aromatic N) is 2. The highest BCUT2D eigenvalue weighted by Crippen LogP contribution is 2.38. The summed E-state index contributed by atoms with van der Waals surface area (Å²) >= 11 is 3.51. The molecule has 37 heavy (non-hydrogen) atoms.